The molecule has 1 aromatic carbocycles. The molecule has 5 nitrogen and oxygen atoms in total. The van der Waals surface area contributed by atoms with E-state index < -0.39 is 0 Å². The van der Waals surface area contributed by atoms with Gasteiger partial charge in [0.1, 0.15) is 5.75 Å². The Morgan fingerprint density at radius 2 is 2.04 bits per heavy atom. The lowest BCUT2D eigenvalue weighted by molar-refractivity contribution is 0.340. The molecule has 2 N–H and O–H groups in total. The van der Waals surface area contributed by atoms with E-state index in [0.717, 1.165) is 42.5 Å². The standard InChI is InChI=1S/C19H26N4O/c1-3-20-19(22-13-11-17-9-5-6-12-21-17)23-15-16-8-7-10-18(14-16)24-4-2/h5-10,12,14H,3-4,11,13,15H2,1-2H3,(H2,20,22,23). The van der Waals surface area contributed by atoms with Gasteiger partial charge in [0.15, 0.2) is 5.96 Å². The molecule has 1 heterocycles. The zero-order valence-electron chi connectivity index (χ0n) is 14.5. The molecule has 0 bridgehead atoms. The molecule has 0 aliphatic carbocycles. The maximum absolute atomic E-state index is 5.53. The van der Waals surface area contributed by atoms with Crippen molar-refractivity contribution in [1.29, 1.82) is 0 Å². The fraction of sp³-hybridized carbons (Fsp3) is 0.368. The second kappa shape index (κ2) is 10.3. The summed E-state index contributed by atoms with van der Waals surface area (Å²) in [5.74, 6) is 1.70. The van der Waals surface area contributed by atoms with Gasteiger partial charge < -0.3 is 15.4 Å². The fourth-order valence-electron chi connectivity index (χ4n) is 2.27. The van der Waals surface area contributed by atoms with E-state index in [0.29, 0.717) is 13.2 Å². The van der Waals surface area contributed by atoms with Crippen LogP contribution in [0.2, 0.25) is 0 Å². The Hall–Kier alpha value is -2.56. The molecule has 0 amide bonds. The fourth-order valence-corrected chi connectivity index (χ4v) is 2.27. The van der Waals surface area contributed by atoms with Crippen molar-refractivity contribution in [3.8, 4) is 5.75 Å². The van der Waals surface area contributed by atoms with Crippen LogP contribution in [0, 0.1) is 0 Å². The summed E-state index contributed by atoms with van der Waals surface area (Å²) in [6.45, 7) is 6.95. The molecule has 128 valence electrons. The first kappa shape index (κ1) is 17.8. The molecule has 0 aliphatic rings. The van der Waals surface area contributed by atoms with Crippen molar-refractivity contribution in [3.05, 3.63) is 59.9 Å². The van der Waals surface area contributed by atoms with Crippen LogP contribution in [-0.2, 0) is 13.0 Å². The molecule has 0 saturated carbocycles. The normalized spacial score (nSPS) is 11.2. The molecule has 0 radical (unpaired) electrons. The highest BCUT2D eigenvalue weighted by Gasteiger charge is 2.00. The molecule has 0 aliphatic heterocycles. The number of aliphatic imine (C=N–C) groups is 1. The predicted molar refractivity (Wildman–Crippen MR) is 98.4 cm³/mol. The minimum Gasteiger partial charge on any atom is -0.494 e. The van der Waals surface area contributed by atoms with Gasteiger partial charge in [-0.05, 0) is 43.7 Å². The smallest absolute Gasteiger partial charge is 0.191 e. The van der Waals surface area contributed by atoms with Gasteiger partial charge in [-0.15, -0.1) is 0 Å². The van der Waals surface area contributed by atoms with Crippen molar-refractivity contribution in [2.45, 2.75) is 26.8 Å². The van der Waals surface area contributed by atoms with Crippen molar-refractivity contribution < 1.29 is 4.74 Å². The van der Waals surface area contributed by atoms with Crippen LogP contribution in [0.4, 0.5) is 0 Å². The van der Waals surface area contributed by atoms with E-state index in [-0.39, 0.29) is 0 Å². The topological polar surface area (TPSA) is 58.5 Å². The van der Waals surface area contributed by atoms with Gasteiger partial charge in [0.25, 0.3) is 0 Å². The van der Waals surface area contributed by atoms with Gasteiger partial charge in [-0.1, -0.05) is 18.2 Å². The summed E-state index contributed by atoms with van der Waals surface area (Å²) in [5, 5.41) is 6.61. The third kappa shape index (κ3) is 6.28. The van der Waals surface area contributed by atoms with Crippen LogP contribution < -0.4 is 15.4 Å². The summed E-state index contributed by atoms with van der Waals surface area (Å²) < 4.78 is 5.53. The first-order chi connectivity index (χ1) is 11.8. The van der Waals surface area contributed by atoms with Gasteiger partial charge in [-0.2, -0.15) is 0 Å². The Morgan fingerprint density at radius 3 is 2.79 bits per heavy atom. The van der Waals surface area contributed by atoms with E-state index in [9.17, 15) is 0 Å². The van der Waals surface area contributed by atoms with Crippen molar-refractivity contribution in [2.75, 3.05) is 19.7 Å². The Balaban J connectivity index is 1.89. The summed E-state index contributed by atoms with van der Waals surface area (Å²) >= 11 is 0. The molecule has 24 heavy (non-hydrogen) atoms. The number of hydrogen-bond donors (Lipinski definition) is 2. The number of pyridine rings is 1. The highest BCUT2D eigenvalue weighted by Crippen LogP contribution is 2.13. The van der Waals surface area contributed by atoms with Crippen LogP contribution in [0.5, 0.6) is 5.75 Å². The quantitative estimate of drug-likeness (QED) is 0.578. The van der Waals surface area contributed by atoms with E-state index in [1.807, 2.05) is 49.5 Å². The van der Waals surface area contributed by atoms with Gasteiger partial charge in [-0.3, -0.25) is 4.98 Å². The Labute approximate surface area is 144 Å². The van der Waals surface area contributed by atoms with Crippen LogP contribution in [0.1, 0.15) is 25.1 Å². The molecule has 1 aromatic heterocycles. The summed E-state index contributed by atoms with van der Waals surface area (Å²) in [6, 6.07) is 14.0. The second-order valence-corrected chi connectivity index (χ2v) is 5.27. The molecule has 2 aromatic rings. The first-order valence-electron chi connectivity index (χ1n) is 8.45. The molecule has 5 heteroatoms. The Morgan fingerprint density at radius 1 is 1.12 bits per heavy atom. The molecule has 2 rings (SSSR count). The number of benzene rings is 1. The minimum absolute atomic E-state index is 0.611. The van der Waals surface area contributed by atoms with E-state index in [1.165, 1.54) is 0 Å². The number of nitrogens with zero attached hydrogens (tertiary/aromatic N) is 2. The summed E-state index contributed by atoms with van der Waals surface area (Å²) in [4.78, 5) is 8.96. The van der Waals surface area contributed by atoms with Crippen LogP contribution in [-0.4, -0.2) is 30.6 Å². The maximum atomic E-state index is 5.53. The van der Waals surface area contributed by atoms with E-state index in [2.05, 4.69) is 33.6 Å². The highest BCUT2D eigenvalue weighted by molar-refractivity contribution is 5.79. The van der Waals surface area contributed by atoms with Gasteiger partial charge in [0.05, 0.1) is 13.2 Å². The monoisotopic (exact) mass is 326 g/mol. The average molecular weight is 326 g/mol. The third-order valence-electron chi connectivity index (χ3n) is 3.37. The number of hydrogen-bond acceptors (Lipinski definition) is 3. The zero-order valence-corrected chi connectivity index (χ0v) is 14.5. The Kier molecular flexibility index (Phi) is 7.60. The van der Waals surface area contributed by atoms with Crippen molar-refractivity contribution >= 4 is 5.96 Å². The SMILES string of the molecule is CCNC(=NCc1cccc(OCC)c1)NCCc1ccccn1. The van der Waals surface area contributed by atoms with Gasteiger partial charge >= 0.3 is 0 Å². The molecular formula is C19H26N4O. The van der Waals surface area contributed by atoms with Crippen LogP contribution in [0.3, 0.4) is 0 Å². The van der Waals surface area contributed by atoms with Gasteiger partial charge in [0, 0.05) is 31.4 Å². The van der Waals surface area contributed by atoms with E-state index >= 15 is 0 Å². The zero-order chi connectivity index (χ0) is 17.0. The number of aromatic nitrogens is 1. The van der Waals surface area contributed by atoms with E-state index in [1.54, 1.807) is 0 Å². The third-order valence-corrected chi connectivity index (χ3v) is 3.37. The summed E-state index contributed by atoms with van der Waals surface area (Å²) in [5.41, 5.74) is 2.20. The lowest BCUT2D eigenvalue weighted by atomic mass is 10.2. The summed E-state index contributed by atoms with van der Waals surface area (Å²) in [7, 11) is 0. The summed E-state index contributed by atoms with van der Waals surface area (Å²) in [6.07, 6.45) is 2.69. The molecule has 0 saturated heterocycles. The van der Waals surface area contributed by atoms with Crippen molar-refractivity contribution in [2.24, 2.45) is 4.99 Å². The molecule has 0 unspecified atom stereocenters. The van der Waals surface area contributed by atoms with Gasteiger partial charge in [0.2, 0.25) is 0 Å². The van der Waals surface area contributed by atoms with Crippen molar-refractivity contribution in [1.82, 2.24) is 15.6 Å². The lowest BCUT2D eigenvalue weighted by Gasteiger charge is -2.11. The number of ether oxygens (including phenoxy) is 1. The average Bonchev–Trinajstić information content (AvgIpc) is 2.61. The molecule has 0 spiro atoms. The number of rotatable bonds is 8. The predicted octanol–water partition coefficient (Wildman–Crippen LogP) is 2.78. The lowest BCUT2D eigenvalue weighted by Crippen LogP contribution is -2.38. The van der Waals surface area contributed by atoms with Crippen LogP contribution >= 0.6 is 0 Å². The highest BCUT2D eigenvalue weighted by atomic mass is 16.5. The minimum atomic E-state index is 0.611. The van der Waals surface area contributed by atoms with Gasteiger partial charge in [-0.25, -0.2) is 4.99 Å². The molecule has 0 fully saturated rings. The second-order valence-electron chi connectivity index (χ2n) is 5.27. The maximum Gasteiger partial charge on any atom is 0.191 e. The number of nitrogens with one attached hydrogen (secondary N) is 2. The number of guanidine groups is 1. The first-order valence-corrected chi connectivity index (χ1v) is 8.45. The van der Waals surface area contributed by atoms with Crippen LogP contribution in [0.15, 0.2) is 53.7 Å². The van der Waals surface area contributed by atoms with E-state index in [4.69, 9.17) is 4.74 Å². The molecular weight excluding hydrogens is 300 g/mol. The van der Waals surface area contributed by atoms with Crippen molar-refractivity contribution in [3.63, 3.8) is 0 Å². The van der Waals surface area contributed by atoms with Crippen LogP contribution in [0.25, 0.3) is 0 Å². The Bertz CT molecular complexity index is 628. The largest absolute Gasteiger partial charge is 0.494 e. The molecule has 0 atom stereocenters.